The molecule has 92 valence electrons. The standard InChI is InChI=1S/C12H12Br2ClNO/c13-8-5-4-7(6-10(8)15)12(17)16-11-3-1-2-9(11)14/h4-6,9,11H,1-3H2,(H,16,17). The molecular weight excluding hydrogens is 369 g/mol. The number of nitrogens with one attached hydrogen (secondary N) is 1. The number of rotatable bonds is 2. The van der Waals surface area contributed by atoms with E-state index in [-0.39, 0.29) is 11.9 Å². The van der Waals surface area contributed by atoms with Crippen LogP contribution in [0.25, 0.3) is 0 Å². The van der Waals surface area contributed by atoms with Crippen molar-refractivity contribution in [2.75, 3.05) is 0 Å². The average molecular weight is 381 g/mol. The zero-order valence-corrected chi connectivity index (χ0v) is 13.0. The van der Waals surface area contributed by atoms with Crippen molar-refractivity contribution in [2.45, 2.75) is 30.1 Å². The van der Waals surface area contributed by atoms with Gasteiger partial charge in [-0.1, -0.05) is 34.0 Å². The van der Waals surface area contributed by atoms with Crippen LogP contribution in [-0.4, -0.2) is 16.8 Å². The van der Waals surface area contributed by atoms with E-state index in [9.17, 15) is 4.79 Å². The number of halogens is 3. The first-order valence-electron chi connectivity index (χ1n) is 5.48. The molecule has 0 bridgehead atoms. The van der Waals surface area contributed by atoms with Crippen LogP contribution in [0.15, 0.2) is 22.7 Å². The van der Waals surface area contributed by atoms with Gasteiger partial charge in [-0.15, -0.1) is 0 Å². The smallest absolute Gasteiger partial charge is 0.251 e. The minimum Gasteiger partial charge on any atom is -0.348 e. The zero-order valence-electron chi connectivity index (χ0n) is 9.05. The molecule has 0 heterocycles. The number of alkyl halides is 1. The van der Waals surface area contributed by atoms with E-state index in [0.29, 0.717) is 15.4 Å². The van der Waals surface area contributed by atoms with Crippen molar-refractivity contribution < 1.29 is 4.79 Å². The van der Waals surface area contributed by atoms with Gasteiger partial charge < -0.3 is 5.32 Å². The van der Waals surface area contributed by atoms with Crippen LogP contribution in [0.4, 0.5) is 0 Å². The van der Waals surface area contributed by atoms with Crippen molar-refractivity contribution in [2.24, 2.45) is 0 Å². The van der Waals surface area contributed by atoms with Crippen LogP contribution in [0.5, 0.6) is 0 Å². The molecule has 1 amide bonds. The SMILES string of the molecule is O=C(NC1CCCC1Br)c1ccc(Br)c(Cl)c1. The summed E-state index contributed by atoms with van der Waals surface area (Å²) in [4.78, 5) is 12.4. The molecule has 2 nitrogen and oxygen atoms in total. The summed E-state index contributed by atoms with van der Waals surface area (Å²) in [5.41, 5.74) is 0.602. The van der Waals surface area contributed by atoms with Crippen LogP contribution < -0.4 is 5.32 Å². The van der Waals surface area contributed by atoms with Gasteiger partial charge in [0.05, 0.1) is 5.02 Å². The second-order valence-corrected chi connectivity index (χ2v) is 6.59. The summed E-state index contributed by atoms with van der Waals surface area (Å²) in [7, 11) is 0. The second-order valence-electron chi connectivity index (χ2n) is 4.16. The number of benzene rings is 1. The Morgan fingerprint density at radius 2 is 2.18 bits per heavy atom. The number of hydrogen-bond donors (Lipinski definition) is 1. The van der Waals surface area contributed by atoms with Gasteiger partial charge in [0, 0.05) is 20.9 Å². The summed E-state index contributed by atoms with van der Waals surface area (Å²) in [6, 6.07) is 5.46. The fourth-order valence-electron chi connectivity index (χ4n) is 1.97. The molecule has 0 aromatic heterocycles. The molecule has 2 unspecified atom stereocenters. The van der Waals surface area contributed by atoms with Crippen LogP contribution in [-0.2, 0) is 0 Å². The largest absolute Gasteiger partial charge is 0.348 e. The molecule has 1 fully saturated rings. The number of hydrogen-bond acceptors (Lipinski definition) is 1. The third-order valence-electron chi connectivity index (χ3n) is 2.93. The summed E-state index contributed by atoms with van der Waals surface area (Å²) < 4.78 is 0.801. The summed E-state index contributed by atoms with van der Waals surface area (Å²) in [6.07, 6.45) is 3.31. The summed E-state index contributed by atoms with van der Waals surface area (Å²) in [5, 5.41) is 3.59. The molecule has 1 saturated carbocycles. The average Bonchev–Trinajstić information content (AvgIpc) is 2.68. The molecule has 2 rings (SSSR count). The normalized spacial score (nSPS) is 23.7. The highest BCUT2D eigenvalue weighted by Gasteiger charge is 2.26. The molecule has 0 aliphatic heterocycles. The van der Waals surface area contributed by atoms with Crippen LogP contribution in [0.2, 0.25) is 5.02 Å². The number of carbonyl (C=O) groups is 1. The van der Waals surface area contributed by atoms with Gasteiger partial charge in [0.1, 0.15) is 0 Å². The predicted molar refractivity (Wildman–Crippen MR) is 77.0 cm³/mol. The Morgan fingerprint density at radius 1 is 1.41 bits per heavy atom. The van der Waals surface area contributed by atoms with Crippen LogP contribution in [0.3, 0.4) is 0 Å². The molecule has 2 atom stereocenters. The molecule has 1 N–H and O–H groups in total. The maximum atomic E-state index is 12.0. The van der Waals surface area contributed by atoms with E-state index in [1.807, 2.05) is 0 Å². The second kappa shape index (κ2) is 5.72. The topological polar surface area (TPSA) is 29.1 Å². The molecule has 0 saturated heterocycles. The summed E-state index contributed by atoms with van der Waals surface area (Å²) in [5.74, 6) is -0.0595. The fraction of sp³-hybridized carbons (Fsp3) is 0.417. The molecule has 1 aromatic carbocycles. The van der Waals surface area contributed by atoms with Crippen molar-refractivity contribution >= 4 is 49.4 Å². The van der Waals surface area contributed by atoms with Crippen molar-refractivity contribution in [3.05, 3.63) is 33.3 Å². The Morgan fingerprint density at radius 3 is 2.76 bits per heavy atom. The van der Waals surface area contributed by atoms with E-state index in [2.05, 4.69) is 37.2 Å². The van der Waals surface area contributed by atoms with Gasteiger partial charge in [-0.3, -0.25) is 4.79 Å². The lowest BCUT2D eigenvalue weighted by Crippen LogP contribution is -2.37. The quantitative estimate of drug-likeness (QED) is 0.766. The van der Waals surface area contributed by atoms with Gasteiger partial charge >= 0.3 is 0 Å². The van der Waals surface area contributed by atoms with Crippen molar-refractivity contribution in [3.8, 4) is 0 Å². The molecule has 1 aromatic rings. The zero-order chi connectivity index (χ0) is 12.4. The van der Waals surface area contributed by atoms with E-state index in [1.54, 1.807) is 18.2 Å². The lowest BCUT2D eigenvalue weighted by molar-refractivity contribution is 0.0939. The number of amides is 1. The van der Waals surface area contributed by atoms with E-state index in [0.717, 1.165) is 23.7 Å². The third-order valence-corrected chi connectivity index (χ3v) is 5.26. The fourth-order valence-corrected chi connectivity index (χ4v) is 3.11. The maximum Gasteiger partial charge on any atom is 0.251 e. The minimum absolute atomic E-state index is 0.0595. The van der Waals surface area contributed by atoms with E-state index in [1.165, 1.54) is 0 Å². The van der Waals surface area contributed by atoms with Gasteiger partial charge in [-0.25, -0.2) is 0 Å². The summed E-state index contributed by atoms with van der Waals surface area (Å²) in [6.45, 7) is 0. The first-order valence-corrected chi connectivity index (χ1v) is 7.56. The van der Waals surface area contributed by atoms with Crippen molar-refractivity contribution in [3.63, 3.8) is 0 Å². The molecule has 0 radical (unpaired) electrons. The third kappa shape index (κ3) is 3.24. The summed E-state index contributed by atoms with van der Waals surface area (Å²) >= 11 is 12.9. The highest BCUT2D eigenvalue weighted by atomic mass is 79.9. The maximum absolute atomic E-state index is 12.0. The number of carbonyl (C=O) groups excluding carboxylic acids is 1. The first kappa shape index (κ1) is 13.4. The van der Waals surface area contributed by atoms with Gasteiger partial charge in [0.2, 0.25) is 0 Å². The molecule has 0 spiro atoms. The van der Waals surface area contributed by atoms with Gasteiger partial charge in [0.15, 0.2) is 0 Å². The van der Waals surface area contributed by atoms with Crippen LogP contribution >= 0.6 is 43.5 Å². The van der Waals surface area contributed by atoms with Gasteiger partial charge in [-0.2, -0.15) is 0 Å². The lowest BCUT2D eigenvalue weighted by atomic mass is 10.2. The Bertz CT molecular complexity index is 439. The molecule has 1 aliphatic rings. The Hall–Kier alpha value is -0.0600. The predicted octanol–water partition coefficient (Wildman–Crippen LogP) is 4.15. The molecule has 17 heavy (non-hydrogen) atoms. The van der Waals surface area contributed by atoms with E-state index >= 15 is 0 Å². The minimum atomic E-state index is -0.0595. The van der Waals surface area contributed by atoms with Crippen molar-refractivity contribution in [1.82, 2.24) is 5.32 Å². The Labute approximate surface area is 122 Å². The van der Waals surface area contributed by atoms with Gasteiger partial charge in [0.25, 0.3) is 5.91 Å². The monoisotopic (exact) mass is 379 g/mol. The first-order chi connectivity index (χ1) is 8.08. The molecular formula is C12H12Br2ClNO. The highest BCUT2D eigenvalue weighted by molar-refractivity contribution is 9.10. The Balaban J connectivity index is 2.06. The molecule has 5 heteroatoms. The Kier molecular flexibility index (Phi) is 4.50. The van der Waals surface area contributed by atoms with Crippen LogP contribution in [0, 0.1) is 0 Å². The van der Waals surface area contributed by atoms with Gasteiger partial charge in [-0.05, 0) is 47.0 Å². The van der Waals surface area contributed by atoms with Crippen molar-refractivity contribution in [1.29, 1.82) is 0 Å². The molecule has 1 aliphatic carbocycles. The highest BCUT2D eigenvalue weighted by Crippen LogP contribution is 2.27. The van der Waals surface area contributed by atoms with E-state index in [4.69, 9.17) is 11.6 Å². The van der Waals surface area contributed by atoms with E-state index < -0.39 is 0 Å². The lowest BCUT2D eigenvalue weighted by Gasteiger charge is -2.16. The van der Waals surface area contributed by atoms with Crippen LogP contribution in [0.1, 0.15) is 29.6 Å².